The summed E-state index contributed by atoms with van der Waals surface area (Å²) in [5.41, 5.74) is 11.7. The van der Waals surface area contributed by atoms with Crippen molar-refractivity contribution in [3.05, 3.63) is 146 Å². The van der Waals surface area contributed by atoms with Gasteiger partial charge >= 0.3 is 0 Å². The molecule has 4 fully saturated rings. The molecule has 3 aliphatic heterocycles. The quantitative estimate of drug-likeness (QED) is 0.211. The van der Waals surface area contributed by atoms with E-state index in [1.165, 1.54) is 88.3 Å². The van der Waals surface area contributed by atoms with Gasteiger partial charge in [0.2, 0.25) is 0 Å². The fraction of sp³-hybridized carbons (Fsp3) is 0.217. The normalized spacial score (nSPS) is 25.4. The Labute approximate surface area is 296 Å². The maximum atomic E-state index is 2.98. The van der Waals surface area contributed by atoms with Crippen molar-refractivity contribution in [3.63, 3.8) is 0 Å². The Morgan fingerprint density at radius 2 is 0.900 bits per heavy atom. The van der Waals surface area contributed by atoms with Crippen molar-refractivity contribution in [1.82, 2.24) is 0 Å². The highest BCUT2D eigenvalue weighted by atomic mass is 28.3. The molecule has 4 aliphatic carbocycles. The van der Waals surface area contributed by atoms with Gasteiger partial charge in [-0.15, -0.1) is 0 Å². The molecule has 7 aliphatic rings. The van der Waals surface area contributed by atoms with E-state index in [4.69, 9.17) is 0 Å². The van der Waals surface area contributed by atoms with Crippen LogP contribution in [0.25, 0.3) is 0 Å². The first-order valence-corrected chi connectivity index (χ1v) is 20.9. The van der Waals surface area contributed by atoms with Gasteiger partial charge in [0.05, 0.1) is 0 Å². The number of rotatable bonds is 4. The Kier molecular flexibility index (Phi) is 5.55. The zero-order valence-corrected chi connectivity index (χ0v) is 29.3. The van der Waals surface area contributed by atoms with E-state index in [2.05, 4.69) is 155 Å². The molecule has 6 aromatic rings. The standard InChI is InChI=1S/C46H39BN2Si/c1-4-13-34(14-5-1)48-37-19-10-21-39-43(37)47-44-38(48)20-11-23-41(44)50(35-15-6-2-7-16-35,36-17-8-3-9-18-36)42-24-12-22-40(45(42)47)49(39)46-28-31-25-32(29-46)27-33(26-31)30-46/h1-24,31-33H,25-30H2. The minimum Gasteiger partial charge on any atom is -0.336 e. The van der Waals surface area contributed by atoms with Crippen molar-refractivity contribution in [1.29, 1.82) is 0 Å². The second-order valence-electron chi connectivity index (χ2n) is 16.3. The van der Waals surface area contributed by atoms with Crippen LogP contribution in [0.3, 0.4) is 0 Å². The third kappa shape index (κ3) is 3.41. The lowest BCUT2D eigenvalue weighted by Gasteiger charge is -2.63. The summed E-state index contributed by atoms with van der Waals surface area (Å²) < 4.78 is 0. The third-order valence-electron chi connectivity index (χ3n) is 13.8. The first-order valence-electron chi connectivity index (χ1n) is 18.9. The maximum Gasteiger partial charge on any atom is 0.251 e. The molecule has 0 radical (unpaired) electrons. The van der Waals surface area contributed by atoms with Gasteiger partial charge in [0, 0.05) is 34.0 Å². The van der Waals surface area contributed by atoms with Crippen molar-refractivity contribution in [2.45, 2.75) is 44.1 Å². The molecule has 0 N–H and O–H groups in total. The molecular formula is C46H39BN2Si. The van der Waals surface area contributed by atoms with Crippen molar-refractivity contribution >= 4 is 80.4 Å². The van der Waals surface area contributed by atoms with E-state index in [1.807, 2.05) is 0 Å². The summed E-state index contributed by atoms with van der Waals surface area (Å²) in [6.07, 6.45) is 8.35. The first kappa shape index (κ1) is 28.0. The molecule has 0 spiro atoms. The number of anilines is 5. The van der Waals surface area contributed by atoms with Gasteiger partial charge in [-0.3, -0.25) is 0 Å². The topological polar surface area (TPSA) is 6.48 Å². The van der Waals surface area contributed by atoms with Gasteiger partial charge in [0.1, 0.15) is 0 Å². The van der Waals surface area contributed by atoms with Gasteiger partial charge in [-0.05, 0) is 130 Å². The highest BCUT2D eigenvalue weighted by Crippen LogP contribution is 2.60. The van der Waals surface area contributed by atoms with Gasteiger partial charge in [-0.2, -0.15) is 0 Å². The summed E-state index contributed by atoms with van der Waals surface area (Å²) in [6, 6.07) is 56.5. The van der Waals surface area contributed by atoms with Crippen LogP contribution in [0.2, 0.25) is 0 Å². The lowest BCUT2D eigenvalue weighted by molar-refractivity contribution is 0.000642. The Morgan fingerprint density at radius 3 is 1.46 bits per heavy atom. The highest BCUT2D eigenvalue weighted by Gasteiger charge is 2.60. The Hall–Kier alpha value is -4.80. The van der Waals surface area contributed by atoms with Crippen molar-refractivity contribution in [3.8, 4) is 0 Å². The molecule has 6 aromatic carbocycles. The molecule has 0 saturated heterocycles. The molecule has 13 rings (SSSR count). The van der Waals surface area contributed by atoms with Gasteiger partial charge in [-0.25, -0.2) is 0 Å². The maximum absolute atomic E-state index is 2.98. The van der Waals surface area contributed by atoms with Crippen LogP contribution < -0.4 is 46.9 Å². The molecular weight excluding hydrogens is 619 g/mol. The van der Waals surface area contributed by atoms with Crippen LogP contribution in [0.4, 0.5) is 28.4 Å². The first-order chi connectivity index (χ1) is 24.7. The van der Waals surface area contributed by atoms with E-state index in [0.29, 0.717) is 0 Å². The molecule has 4 bridgehead atoms. The monoisotopic (exact) mass is 658 g/mol. The molecule has 4 saturated carbocycles. The lowest BCUT2D eigenvalue weighted by Crippen LogP contribution is -2.88. The van der Waals surface area contributed by atoms with Gasteiger partial charge in [0.15, 0.2) is 8.07 Å². The summed E-state index contributed by atoms with van der Waals surface area (Å²) in [7, 11) is -2.76. The van der Waals surface area contributed by atoms with Gasteiger partial charge in [-0.1, -0.05) is 109 Å². The molecule has 0 unspecified atom stereocenters. The van der Waals surface area contributed by atoms with Crippen LogP contribution in [-0.4, -0.2) is 20.3 Å². The smallest absolute Gasteiger partial charge is 0.251 e. The summed E-state index contributed by atoms with van der Waals surface area (Å²) in [6.45, 7) is 0.205. The van der Waals surface area contributed by atoms with E-state index >= 15 is 0 Å². The molecule has 0 amide bonds. The number of benzene rings is 6. The van der Waals surface area contributed by atoms with Crippen LogP contribution in [0.15, 0.2) is 146 Å². The highest BCUT2D eigenvalue weighted by molar-refractivity contribution is 7.27. The average Bonchev–Trinajstić information content (AvgIpc) is 3.16. The van der Waals surface area contributed by atoms with Crippen LogP contribution >= 0.6 is 0 Å². The molecule has 3 heterocycles. The van der Waals surface area contributed by atoms with E-state index in [0.717, 1.165) is 17.8 Å². The Bertz CT molecular complexity index is 2260. The second-order valence-corrected chi connectivity index (χ2v) is 20.0. The van der Waals surface area contributed by atoms with Crippen LogP contribution in [-0.2, 0) is 0 Å². The summed E-state index contributed by atoms with van der Waals surface area (Å²) in [5.74, 6) is 2.61. The SMILES string of the molecule is c1ccc(N2c3cccc4c3B3c5c2cccc5[Si](c2ccccc2)(c2ccccc2)c2cccc(c23)N4C23CC4CC(CC(C4)C2)C3)cc1. The fourth-order valence-electron chi connectivity index (χ4n) is 12.7. The number of nitrogens with zero attached hydrogens (tertiary/aromatic N) is 2. The Morgan fingerprint density at radius 1 is 0.460 bits per heavy atom. The predicted molar refractivity (Wildman–Crippen MR) is 212 cm³/mol. The van der Waals surface area contributed by atoms with E-state index in [-0.39, 0.29) is 12.3 Å². The molecule has 0 aromatic heterocycles. The van der Waals surface area contributed by atoms with E-state index in [1.54, 1.807) is 15.8 Å². The van der Waals surface area contributed by atoms with E-state index < -0.39 is 8.07 Å². The fourth-order valence-corrected chi connectivity index (χ4v) is 18.0. The number of hydrogen-bond donors (Lipinski definition) is 0. The molecule has 240 valence electrons. The van der Waals surface area contributed by atoms with Gasteiger partial charge in [0.25, 0.3) is 6.71 Å². The largest absolute Gasteiger partial charge is 0.336 e. The van der Waals surface area contributed by atoms with Crippen LogP contribution in [0, 0.1) is 17.8 Å². The summed E-state index contributed by atoms with van der Waals surface area (Å²) in [5, 5.41) is 6.09. The molecule has 4 heteroatoms. The Balaban J connectivity index is 1.25. The summed E-state index contributed by atoms with van der Waals surface area (Å²) >= 11 is 0. The third-order valence-corrected chi connectivity index (χ3v) is 18.7. The van der Waals surface area contributed by atoms with Gasteiger partial charge < -0.3 is 9.80 Å². The van der Waals surface area contributed by atoms with Crippen LogP contribution in [0.1, 0.15) is 38.5 Å². The average molecular weight is 659 g/mol. The predicted octanol–water partition coefficient (Wildman–Crippen LogP) is 6.10. The van der Waals surface area contributed by atoms with Crippen molar-refractivity contribution < 1.29 is 0 Å². The van der Waals surface area contributed by atoms with Crippen LogP contribution in [0.5, 0.6) is 0 Å². The van der Waals surface area contributed by atoms with Crippen molar-refractivity contribution in [2.75, 3.05) is 9.80 Å². The lowest BCUT2D eigenvalue weighted by atomic mass is 9.33. The molecule has 2 nitrogen and oxygen atoms in total. The zero-order valence-electron chi connectivity index (χ0n) is 28.3. The summed E-state index contributed by atoms with van der Waals surface area (Å²) in [4.78, 5) is 5.59. The van der Waals surface area contributed by atoms with E-state index in [9.17, 15) is 0 Å². The molecule has 50 heavy (non-hydrogen) atoms. The minimum atomic E-state index is -2.76. The molecule has 0 atom stereocenters. The van der Waals surface area contributed by atoms with Crippen molar-refractivity contribution in [2.24, 2.45) is 17.8 Å². The number of hydrogen-bond acceptors (Lipinski definition) is 2. The second kappa shape index (κ2) is 9.92. The zero-order chi connectivity index (χ0) is 32.6. The minimum absolute atomic E-state index is 0.183. The number of para-hydroxylation sites is 1.